The van der Waals surface area contributed by atoms with E-state index in [1.807, 2.05) is 29.6 Å². The smallest absolute Gasteiger partial charge is 0.168 e. The van der Waals surface area contributed by atoms with Crippen LogP contribution in [0.4, 0.5) is 0 Å². The van der Waals surface area contributed by atoms with E-state index in [-0.39, 0.29) is 11.3 Å². The average molecular weight is 407 g/mol. The third-order valence-corrected chi connectivity index (χ3v) is 5.26. The minimum atomic E-state index is 0.103. The first kappa shape index (κ1) is 17.1. The molecule has 0 amide bonds. The van der Waals surface area contributed by atoms with Crippen molar-refractivity contribution in [3.63, 3.8) is 0 Å². The van der Waals surface area contributed by atoms with Gasteiger partial charge in [-0.15, -0.1) is 11.3 Å². The number of morpholine rings is 1. The molecule has 2 N–H and O–H groups in total. The fraction of sp³-hybridized carbons (Fsp3) is 0.294. The van der Waals surface area contributed by atoms with Crippen molar-refractivity contribution in [2.45, 2.75) is 0 Å². The van der Waals surface area contributed by atoms with Crippen molar-refractivity contribution in [3.8, 4) is 17.3 Å². The summed E-state index contributed by atoms with van der Waals surface area (Å²) in [5, 5.41) is 22.3. The van der Waals surface area contributed by atoms with Crippen LogP contribution in [0.2, 0.25) is 0 Å². The van der Waals surface area contributed by atoms with Crippen molar-refractivity contribution in [2.24, 2.45) is 0 Å². The van der Waals surface area contributed by atoms with E-state index in [0.717, 1.165) is 28.8 Å². The zero-order valence-electron chi connectivity index (χ0n) is 13.0. The zero-order valence-corrected chi connectivity index (χ0v) is 15.4. The molecule has 1 fully saturated rings. The summed E-state index contributed by atoms with van der Waals surface area (Å²) < 4.78 is 6.32. The van der Waals surface area contributed by atoms with Crippen LogP contribution in [0, 0.1) is 11.3 Å². The maximum absolute atomic E-state index is 10.4. The first-order valence-corrected chi connectivity index (χ1v) is 9.30. The normalized spacial score (nSPS) is 16.5. The summed E-state index contributed by atoms with van der Waals surface area (Å²) >= 11 is 4.79. The molecule has 2 aromatic rings. The molecule has 5 nitrogen and oxygen atoms in total. The Hall–Kier alpha value is -1.72. The van der Waals surface area contributed by atoms with Crippen molar-refractivity contribution in [1.29, 1.82) is 5.26 Å². The number of aliphatic hydroxyl groups excluding tert-OH is 1. The summed E-state index contributed by atoms with van der Waals surface area (Å²) in [5.41, 5.74) is 2.06. The quantitative estimate of drug-likeness (QED) is 0.603. The molecular formula is C17H17BrN3O2S+. The minimum absolute atomic E-state index is 0.103. The molecule has 1 aromatic carbocycles. The molecular weight excluding hydrogens is 390 g/mol. The standard InChI is InChI=1S/C17H16BrN3O2S/c18-13-3-1-12(2-4-13)15-11-24-17(20-15)14(9-19)16(22)10-21-5-7-23-8-6-21/h1-4,11,22H,5-8,10H2/p+1/b16-14-. The van der Waals surface area contributed by atoms with E-state index >= 15 is 0 Å². The van der Waals surface area contributed by atoms with Crippen LogP contribution >= 0.6 is 27.3 Å². The molecule has 0 spiro atoms. The first-order chi connectivity index (χ1) is 11.7. The Morgan fingerprint density at radius 2 is 2.04 bits per heavy atom. The van der Waals surface area contributed by atoms with Crippen molar-refractivity contribution < 1.29 is 14.7 Å². The van der Waals surface area contributed by atoms with Gasteiger partial charge in [0.05, 0.1) is 18.9 Å². The maximum Gasteiger partial charge on any atom is 0.168 e. The highest BCUT2D eigenvalue weighted by Crippen LogP contribution is 2.27. The lowest BCUT2D eigenvalue weighted by Gasteiger charge is -2.23. The predicted octanol–water partition coefficient (Wildman–Crippen LogP) is 2.28. The number of nitrogens with zero attached hydrogens (tertiary/aromatic N) is 2. The van der Waals surface area contributed by atoms with E-state index < -0.39 is 0 Å². The number of ether oxygens (including phenoxy) is 1. The Morgan fingerprint density at radius 1 is 1.33 bits per heavy atom. The summed E-state index contributed by atoms with van der Waals surface area (Å²) in [6, 6.07) is 9.95. The monoisotopic (exact) mass is 406 g/mol. The van der Waals surface area contributed by atoms with E-state index in [0.29, 0.717) is 24.8 Å². The molecule has 124 valence electrons. The molecule has 1 aromatic heterocycles. The number of rotatable bonds is 4. The second-order valence-corrected chi connectivity index (χ2v) is 7.29. The van der Waals surface area contributed by atoms with Gasteiger partial charge in [0.1, 0.15) is 36.3 Å². The van der Waals surface area contributed by atoms with Gasteiger partial charge >= 0.3 is 0 Å². The van der Waals surface area contributed by atoms with Crippen LogP contribution in [0.25, 0.3) is 16.8 Å². The summed E-state index contributed by atoms with van der Waals surface area (Å²) in [5.74, 6) is 0.103. The fourth-order valence-corrected chi connectivity index (χ4v) is 3.65. The molecule has 1 aliphatic rings. The number of quaternary nitrogens is 1. The minimum Gasteiger partial charge on any atom is -0.506 e. The van der Waals surface area contributed by atoms with E-state index in [1.165, 1.54) is 16.2 Å². The Bertz CT molecular complexity index is 774. The number of nitrogens with one attached hydrogen (secondary N) is 1. The van der Waals surface area contributed by atoms with Crippen LogP contribution in [-0.2, 0) is 4.74 Å². The molecule has 3 rings (SSSR count). The molecule has 0 aliphatic carbocycles. The molecule has 2 heterocycles. The van der Waals surface area contributed by atoms with Crippen LogP contribution in [0.3, 0.4) is 0 Å². The van der Waals surface area contributed by atoms with Gasteiger partial charge in [-0.05, 0) is 12.1 Å². The summed E-state index contributed by atoms with van der Waals surface area (Å²) in [6.45, 7) is 3.49. The first-order valence-electron chi connectivity index (χ1n) is 7.62. The number of hydrogen-bond donors (Lipinski definition) is 2. The zero-order chi connectivity index (χ0) is 16.9. The number of thiazole rings is 1. The number of nitriles is 1. The van der Waals surface area contributed by atoms with Gasteiger partial charge in [0, 0.05) is 15.4 Å². The van der Waals surface area contributed by atoms with Gasteiger partial charge in [-0.3, -0.25) is 0 Å². The van der Waals surface area contributed by atoms with Gasteiger partial charge in [0.25, 0.3) is 0 Å². The van der Waals surface area contributed by atoms with E-state index in [2.05, 4.69) is 27.0 Å². The average Bonchev–Trinajstić information content (AvgIpc) is 3.07. The Balaban J connectivity index is 1.81. The summed E-state index contributed by atoms with van der Waals surface area (Å²) in [7, 11) is 0. The highest BCUT2D eigenvalue weighted by atomic mass is 79.9. The van der Waals surface area contributed by atoms with Gasteiger partial charge in [0.2, 0.25) is 0 Å². The van der Waals surface area contributed by atoms with E-state index in [9.17, 15) is 10.4 Å². The highest BCUT2D eigenvalue weighted by Gasteiger charge is 2.20. The number of allylic oxidation sites excluding steroid dienone is 1. The molecule has 1 aliphatic heterocycles. The number of hydrogen-bond acceptors (Lipinski definition) is 5. The maximum atomic E-state index is 10.4. The van der Waals surface area contributed by atoms with Crippen LogP contribution in [-0.4, -0.2) is 42.9 Å². The van der Waals surface area contributed by atoms with Crippen LogP contribution in [0.15, 0.2) is 39.9 Å². The van der Waals surface area contributed by atoms with E-state index in [1.54, 1.807) is 0 Å². The lowest BCUT2D eigenvalue weighted by molar-refractivity contribution is -0.904. The van der Waals surface area contributed by atoms with Crippen LogP contribution in [0.1, 0.15) is 5.01 Å². The van der Waals surface area contributed by atoms with Gasteiger partial charge in [-0.1, -0.05) is 28.1 Å². The van der Waals surface area contributed by atoms with Gasteiger partial charge < -0.3 is 14.7 Å². The molecule has 1 saturated heterocycles. The summed E-state index contributed by atoms with van der Waals surface area (Å²) in [4.78, 5) is 5.74. The van der Waals surface area contributed by atoms with Crippen LogP contribution in [0.5, 0.6) is 0 Å². The Morgan fingerprint density at radius 3 is 2.71 bits per heavy atom. The SMILES string of the molecule is N#C/C(=C(/O)C[NH+]1CCOCC1)c1nc(-c2ccc(Br)cc2)cs1. The van der Waals surface area contributed by atoms with Crippen molar-refractivity contribution >= 4 is 32.8 Å². The Labute approximate surface area is 153 Å². The third-order valence-electron chi connectivity index (χ3n) is 3.88. The van der Waals surface area contributed by atoms with Gasteiger partial charge in [-0.25, -0.2) is 4.98 Å². The lowest BCUT2D eigenvalue weighted by Crippen LogP contribution is -3.14. The largest absolute Gasteiger partial charge is 0.506 e. The van der Waals surface area contributed by atoms with Gasteiger partial charge in [0.15, 0.2) is 5.76 Å². The molecule has 0 radical (unpaired) electrons. The predicted molar refractivity (Wildman–Crippen MR) is 96.8 cm³/mol. The molecule has 0 unspecified atom stereocenters. The molecule has 0 atom stereocenters. The topological polar surface area (TPSA) is 70.6 Å². The second-order valence-electron chi connectivity index (χ2n) is 5.52. The molecule has 24 heavy (non-hydrogen) atoms. The lowest BCUT2D eigenvalue weighted by atomic mass is 10.2. The molecule has 7 heteroatoms. The number of aromatic nitrogens is 1. The van der Waals surface area contributed by atoms with E-state index in [4.69, 9.17) is 4.74 Å². The molecule has 0 bridgehead atoms. The van der Waals surface area contributed by atoms with Crippen molar-refractivity contribution in [3.05, 3.63) is 44.9 Å². The second kappa shape index (κ2) is 7.90. The van der Waals surface area contributed by atoms with Gasteiger partial charge in [-0.2, -0.15) is 5.26 Å². The fourth-order valence-electron chi connectivity index (χ4n) is 2.54. The third kappa shape index (κ3) is 4.02. The van der Waals surface area contributed by atoms with Crippen LogP contribution < -0.4 is 4.90 Å². The number of aliphatic hydroxyl groups is 1. The van der Waals surface area contributed by atoms with Crippen molar-refractivity contribution in [2.75, 3.05) is 32.8 Å². The number of benzene rings is 1. The molecule has 0 saturated carbocycles. The Kier molecular flexibility index (Phi) is 5.63. The number of halogens is 1. The highest BCUT2D eigenvalue weighted by molar-refractivity contribution is 9.10. The summed E-state index contributed by atoms with van der Waals surface area (Å²) in [6.07, 6.45) is 0. The van der Waals surface area contributed by atoms with Crippen molar-refractivity contribution in [1.82, 2.24) is 4.98 Å².